The van der Waals surface area contributed by atoms with Crippen LogP contribution in [-0.4, -0.2) is 24.9 Å². The SMILES string of the molecule is NCc1ccccc1CC(=O)NCCNC(=O)C1CC1. The number of nitrogens with two attached hydrogens (primary N) is 1. The summed E-state index contributed by atoms with van der Waals surface area (Å²) < 4.78 is 0. The maximum atomic E-state index is 11.8. The summed E-state index contributed by atoms with van der Waals surface area (Å²) in [6, 6.07) is 7.66. The van der Waals surface area contributed by atoms with E-state index < -0.39 is 0 Å². The van der Waals surface area contributed by atoms with Gasteiger partial charge in [0.05, 0.1) is 6.42 Å². The molecule has 1 fully saturated rings. The summed E-state index contributed by atoms with van der Waals surface area (Å²) in [7, 11) is 0. The van der Waals surface area contributed by atoms with E-state index in [-0.39, 0.29) is 17.7 Å². The molecule has 2 rings (SSSR count). The number of nitrogens with one attached hydrogen (secondary N) is 2. The average Bonchev–Trinajstić information content (AvgIpc) is 3.28. The Morgan fingerprint density at radius 1 is 1.10 bits per heavy atom. The minimum absolute atomic E-state index is 0.0495. The van der Waals surface area contributed by atoms with Gasteiger partial charge in [0.2, 0.25) is 11.8 Å². The van der Waals surface area contributed by atoms with Crippen molar-refractivity contribution in [2.24, 2.45) is 11.7 Å². The molecule has 1 aromatic carbocycles. The van der Waals surface area contributed by atoms with Crippen molar-refractivity contribution >= 4 is 11.8 Å². The van der Waals surface area contributed by atoms with Crippen LogP contribution in [0.4, 0.5) is 0 Å². The highest BCUT2D eigenvalue weighted by Gasteiger charge is 2.28. The van der Waals surface area contributed by atoms with Crippen LogP contribution in [0.3, 0.4) is 0 Å². The van der Waals surface area contributed by atoms with Crippen molar-refractivity contribution in [3.8, 4) is 0 Å². The zero-order valence-electron chi connectivity index (χ0n) is 11.5. The second kappa shape index (κ2) is 7.05. The molecule has 2 amide bonds. The molecule has 1 aliphatic carbocycles. The Morgan fingerprint density at radius 3 is 2.40 bits per heavy atom. The second-order valence-electron chi connectivity index (χ2n) is 5.06. The van der Waals surface area contributed by atoms with Crippen LogP contribution in [0, 0.1) is 5.92 Å². The first-order valence-corrected chi connectivity index (χ1v) is 7.02. The summed E-state index contributed by atoms with van der Waals surface area (Å²) in [5, 5.41) is 5.62. The number of hydrogen-bond donors (Lipinski definition) is 3. The highest BCUT2D eigenvalue weighted by Crippen LogP contribution is 2.28. The third-order valence-corrected chi connectivity index (χ3v) is 3.38. The molecule has 1 aromatic rings. The van der Waals surface area contributed by atoms with Gasteiger partial charge in [0.15, 0.2) is 0 Å². The van der Waals surface area contributed by atoms with E-state index in [0.29, 0.717) is 26.1 Å². The average molecular weight is 275 g/mol. The van der Waals surface area contributed by atoms with Crippen LogP contribution in [0.15, 0.2) is 24.3 Å². The van der Waals surface area contributed by atoms with E-state index in [1.807, 2.05) is 24.3 Å². The lowest BCUT2D eigenvalue weighted by molar-refractivity contribution is -0.123. The van der Waals surface area contributed by atoms with Gasteiger partial charge in [0.25, 0.3) is 0 Å². The van der Waals surface area contributed by atoms with Gasteiger partial charge in [-0.2, -0.15) is 0 Å². The van der Waals surface area contributed by atoms with Crippen molar-refractivity contribution in [3.63, 3.8) is 0 Å². The van der Waals surface area contributed by atoms with Gasteiger partial charge in [-0.25, -0.2) is 0 Å². The zero-order chi connectivity index (χ0) is 14.4. The Kier molecular flexibility index (Phi) is 5.12. The lowest BCUT2D eigenvalue weighted by Gasteiger charge is -2.09. The number of hydrogen-bond acceptors (Lipinski definition) is 3. The van der Waals surface area contributed by atoms with Gasteiger partial charge in [-0.05, 0) is 24.0 Å². The first-order chi connectivity index (χ1) is 9.70. The molecule has 1 saturated carbocycles. The largest absolute Gasteiger partial charge is 0.354 e. The van der Waals surface area contributed by atoms with Gasteiger partial charge in [0.1, 0.15) is 0 Å². The fraction of sp³-hybridized carbons (Fsp3) is 0.467. The Bertz CT molecular complexity index is 484. The zero-order valence-corrected chi connectivity index (χ0v) is 11.5. The number of carbonyl (C=O) groups is 2. The summed E-state index contributed by atoms with van der Waals surface area (Å²) >= 11 is 0. The highest BCUT2D eigenvalue weighted by atomic mass is 16.2. The predicted octanol–water partition coefficient (Wildman–Crippen LogP) is 0.330. The number of rotatable bonds is 7. The smallest absolute Gasteiger partial charge is 0.224 e. The van der Waals surface area contributed by atoms with Crippen molar-refractivity contribution in [2.45, 2.75) is 25.8 Å². The predicted molar refractivity (Wildman–Crippen MR) is 76.8 cm³/mol. The van der Waals surface area contributed by atoms with Crippen LogP contribution >= 0.6 is 0 Å². The van der Waals surface area contributed by atoms with Crippen molar-refractivity contribution < 1.29 is 9.59 Å². The summed E-state index contributed by atoms with van der Waals surface area (Å²) in [6.45, 7) is 1.38. The second-order valence-corrected chi connectivity index (χ2v) is 5.06. The Balaban J connectivity index is 1.68. The Hall–Kier alpha value is -1.88. The quantitative estimate of drug-likeness (QED) is 0.627. The summed E-state index contributed by atoms with van der Waals surface area (Å²) in [4.78, 5) is 23.2. The fourth-order valence-corrected chi connectivity index (χ4v) is 2.04. The molecule has 0 aliphatic heterocycles. The molecule has 0 unspecified atom stereocenters. The van der Waals surface area contributed by atoms with Crippen LogP contribution in [0.1, 0.15) is 24.0 Å². The van der Waals surface area contributed by atoms with Crippen LogP contribution in [0.5, 0.6) is 0 Å². The van der Waals surface area contributed by atoms with Gasteiger partial charge in [-0.15, -0.1) is 0 Å². The van der Waals surface area contributed by atoms with E-state index in [1.54, 1.807) is 0 Å². The van der Waals surface area contributed by atoms with Crippen molar-refractivity contribution in [1.29, 1.82) is 0 Å². The molecule has 0 bridgehead atoms. The first kappa shape index (κ1) is 14.5. The summed E-state index contributed by atoms with van der Waals surface area (Å²) in [5.41, 5.74) is 7.58. The molecular weight excluding hydrogens is 254 g/mol. The van der Waals surface area contributed by atoms with Gasteiger partial charge >= 0.3 is 0 Å². The lowest BCUT2D eigenvalue weighted by Crippen LogP contribution is -2.36. The van der Waals surface area contributed by atoms with E-state index >= 15 is 0 Å². The van der Waals surface area contributed by atoms with Crippen molar-refractivity contribution in [3.05, 3.63) is 35.4 Å². The molecule has 0 saturated heterocycles. The normalized spacial score (nSPS) is 13.8. The number of benzene rings is 1. The third kappa shape index (κ3) is 4.35. The first-order valence-electron chi connectivity index (χ1n) is 7.02. The van der Waals surface area contributed by atoms with Gasteiger partial charge < -0.3 is 16.4 Å². The molecule has 0 radical (unpaired) electrons. The summed E-state index contributed by atoms with van der Waals surface area (Å²) in [5.74, 6) is 0.265. The molecule has 5 nitrogen and oxygen atoms in total. The topological polar surface area (TPSA) is 84.2 Å². The summed E-state index contributed by atoms with van der Waals surface area (Å²) in [6.07, 6.45) is 2.31. The monoisotopic (exact) mass is 275 g/mol. The van der Waals surface area contributed by atoms with E-state index in [2.05, 4.69) is 10.6 Å². The molecule has 5 heteroatoms. The van der Waals surface area contributed by atoms with Gasteiger partial charge in [-0.1, -0.05) is 24.3 Å². The van der Waals surface area contributed by atoms with Gasteiger partial charge in [-0.3, -0.25) is 9.59 Å². The van der Waals surface area contributed by atoms with Crippen LogP contribution in [-0.2, 0) is 22.6 Å². The van der Waals surface area contributed by atoms with Crippen molar-refractivity contribution in [2.75, 3.05) is 13.1 Å². The van der Waals surface area contributed by atoms with E-state index in [0.717, 1.165) is 24.0 Å². The molecule has 4 N–H and O–H groups in total. The van der Waals surface area contributed by atoms with Crippen LogP contribution in [0.25, 0.3) is 0 Å². The number of carbonyl (C=O) groups excluding carboxylic acids is 2. The molecular formula is C15H21N3O2. The molecule has 0 heterocycles. The Labute approximate surface area is 118 Å². The fourth-order valence-electron chi connectivity index (χ4n) is 2.04. The maximum absolute atomic E-state index is 11.8. The standard InChI is InChI=1S/C15H21N3O2/c16-10-13-4-2-1-3-12(13)9-14(19)17-7-8-18-15(20)11-5-6-11/h1-4,11H,5-10,16H2,(H,17,19)(H,18,20). The molecule has 1 aliphatic rings. The van der Waals surface area contributed by atoms with Gasteiger partial charge in [0, 0.05) is 25.6 Å². The minimum Gasteiger partial charge on any atom is -0.354 e. The molecule has 0 atom stereocenters. The van der Waals surface area contributed by atoms with Crippen LogP contribution in [0.2, 0.25) is 0 Å². The highest BCUT2D eigenvalue weighted by molar-refractivity contribution is 5.81. The Morgan fingerprint density at radius 2 is 1.75 bits per heavy atom. The van der Waals surface area contributed by atoms with E-state index in [1.165, 1.54) is 0 Å². The van der Waals surface area contributed by atoms with Crippen molar-refractivity contribution in [1.82, 2.24) is 10.6 Å². The minimum atomic E-state index is -0.0495. The molecule has 108 valence electrons. The van der Waals surface area contributed by atoms with Crippen LogP contribution < -0.4 is 16.4 Å². The molecule has 0 spiro atoms. The molecule has 0 aromatic heterocycles. The maximum Gasteiger partial charge on any atom is 0.224 e. The lowest BCUT2D eigenvalue weighted by atomic mass is 10.0. The number of amides is 2. The third-order valence-electron chi connectivity index (χ3n) is 3.38. The molecule has 20 heavy (non-hydrogen) atoms. The van der Waals surface area contributed by atoms with E-state index in [9.17, 15) is 9.59 Å². The van der Waals surface area contributed by atoms with E-state index in [4.69, 9.17) is 5.73 Å².